The van der Waals surface area contributed by atoms with Gasteiger partial charge in [0.1, 0.15) is 17.7 Å². The molecular formula is C23H15NO4. The largest absolute Gasteiger partial charge is 0.465 e. The minimum atomic E-state index is -0.332. The summed E-state index contributed by atoms with van der Waals surface area (Å²) >= 11 is 0. The molecule has 5 nitrogen and oxygen atoms in total. The molecule has 1 aromatic heterocycles. The quantitative estimate of drug-likeness (QED) is 0.475. The van der Waals surface area contributed by atoms with Gasteiger partial charge < -0.3 is 13.9 Å². The monoisotopic (exact) mass is 369 g/mol. The standard InChI is InChI=1S/C23H15NO4/c1-26-23(25)13-6-8-16-18(10-13)22-15-7-5-12(9-17(15)21(16)28-22)14-3-2-4-19-20(14)24-11-27-19/h2-11,21-22H,1H3. The third kappa shape index (κ3) is 1.99. The Hall–Kier alpha value is -3.44. The molecule has 2 bridgehead atoms. The lowest BCUT2D eigenvalue weighted by Crippen LogP contribution is -2.07. The van der Waals surface area contributed by atoms with Crippen LogP contribution in [-0.4, -0.2) is 18.1 Å². The number of aromatic nitrogens is 1. The van der Waals surface area contributed by atoms with E-state index in [1.54, 1.807) is 6.07 Å². The van der Waals surface area contributed by atoms with Crippen molar-refractivity contribution in [1.29, 1.82) is 0 Å². The van der Waals surface area contributed by atoms with Crippen LogP contribution in [0.15, 0.2) is 65.4 Å². The second-order valence-electron chi connectivity index (χ2n) is 7.08. The van der Waals surface area contributed by atoms with E-state index in [1.807, 2.05) is 24.3 Å². The summed E-state index contributed by atoms with van der Waals surface area (Å²) in [7, 11) is 1.39. The minimum absolute atomic E-state index is 0.113. The summed E-state index contributed by atoms with van der Waals surface area (Å²) in [4.78, 5) is 16.2. The minimum Gasteiger partial charge on any atom is -0.465 e. The number of benzene rings is 3. The van der Waals surface area contributed by atoms with Crippen LogP contribution in [0.25, 0.3) is 22.2 Å². The summed E-state index contributed by atoms with van der Waals surface area (Å²) in [6.07, 6.45) is 1.22. The van der Waals surface area contributed by atoms with Crippen molar-refractivity contribution in [3.05, 3.63) is 88.8 Å². The van der Waals surface area contributed by atoms with Crippen molar-refractivity contribution in [3.8, 4) is 11.1 Å². The van der Waals surface area contributed by atoms with Crippen molar-refractivity contribution in [2.45, 2.75) is 12.2 Å². The van der Waals surface area contributed by atoms with E-state index >= 15 is 0 Å². The second kappa shape index (κ2) is 5.53. The van der Waals surface area contributed by atoms with Crippen LogP contribution in [0.3, 0.4) is 0 Å². The Morgan fingerprint density at radius 3 is 2.57 bits per heavy atom. The molecule has 6 rings (SSSR count). The Bertz CT molecular complexity index is 1270. The fourth-order valence-corrected chi connectivity index (χ4v) is 4.38. The number of nitrogens with zero attached hydrogens (tertiary/aromatic N) is 1. The van der Waals surface area contributed by atoms with Crippen molar-refractivity contribution in [2.24, 2.45) is 0 Å². The molecule has 0 amide bonds. The highest BCUT2D eigenvalue weighted by Crippen LogP contribution is 2.55. The first-order chi connectivity index (χ1) is 13.7. The number of rotatable bonds is 2. The topological polar surface area (TPSA) is 61.6 Å². The zero-order valence-electron chi connectivity index (χ0n) is 15.0. The van der Waals surface area contributed by atoms with E-state index in [4.69, 9.17) is 13.9 Å². The summed E-state index contributed by atoms with van der Waals surface area (Å²) in [5, 5.41) is 0. The molecule has 0 fully saturated rings. The predicted molar refractivity (Wildman–Crippen MR) is 102 cm³/mol. The molecule has 4 aromatic rings. The maximum absolute atomic E-state index is 11.9. The van der Waals surface area contributed by atoms with Gasteiger partial charge >= 0.3 is 5.97 Å². The third-order valence-electron chi connectivity index (χ3n) is 5.67. The molecule has 3 aromatic carbocycles. The smallest absolute Gasteiger partial charge is 0.337 e. The first kappa shape index (κ1) is 15.6. The summed E-state index contributed by atoms with van der Waals surface area (Å²) in [5.41, 5.74) is 8.78. The molecule has 5 heteroatoms. The Morgan fingerprint density at radius 1 is 0.964 bits per heavy atom. The Labute approximate surface area is 160 Å². The molecule has 2 atom stereocenters. The third-order valence-corrected chi connectivity index (χ3v) is 5.67. The number of carbonyl (C=O) groups excluding carboxylic acids is 1. The molecule has 0 saturated carbocycles. The molecule has 0 spiro atoms. The van der Waals surface area contributed by atoms with Gasteiger partial charge in [0.2, 0.25) is 0 Å². The normalized spacial score (nSPS) is 18.9. The van der Waals surface area contributed by atoms with Gasteiger partial charge in [0.15, 0.2) is 12.0 Å². The van der Waals surface area contributed by atoms with Gasteiger partial charge in [-0.05, 0) is 52.1 Å². The van der Waals surface area contributed by atoms with Crippen molar-refractivity contribution in [1.82, 2.24) is 4.98 Å². The van der Waals surface area contributed by atoms with Crippen molar-refractivity contribution < 1.29 is 18.7 Å². The first-order valence-electron chi connectivity index (χ1n) is 9.08. The van der Waals surface area contributed by atoms with Crippen LogP contribution in [0.5, 0.6) is 0 Å². The maximum atomic E-state index is 11.9. The Kier molecular flexibility index (Phi) is 3.08. The van der Waals surface area contributed by atoms with Crippen LogP contribution in [0, 0.1) is 0 Å². The van der Waals surface area contributed by atoms with Crippen LogP contribution in [-0.2, 0) is 9.47 Å². The van der Waals surface area contributed by atoms with Gasteiger partial charge in [-0.3, -0.25) is 0 Å². The number of hydrogen-bond donors (Lipinski definition) is 0. The predicted octanol–water partition coefficient (Wildman–Crippen LogP) is 4.80. The van der Waals surface area contributed by atoms with Crippen molar-refractivity contribution in [2.75, 3.05) is 7.11 Å². The van der Waals surface area contributed by atoms with Gasteiger partial charge in [-0.2, -0.15) is 0 Å². The van der Waals surface area contributed by atoms with E-state index in [0.717, 1.165) is 38.9 Å². The molecular weight excluding hydrogens is 354 g/mol. The highest BCUT2D eigenvalue weighted by molar-refractivity contribution is 5.91. The number of ether oxygens (including phenoxy) is 2. The average Bonchev–Trinajstić information content (AvgIpc) is 3.46. The molecule has 0 saturated heterocycles. The highest BCUT2D eigenvalue weighted by Gasteiger charge is 2.43. The summed E-state index contributed by atoms with van der Waals surface area (Å²) in [6.45, 7) is 0. The number of para-hydroxylation sites is 1. The van der Waals surface area contributed by atoms with E-state index < -0.39 is 0 Å². The van der Waals surface area contributed by atoms with Gasteiger partial charge in [0.25, 0.3) is 0 Å². The Balaban J connectivity index is 1.46. The molecule has 0 aliphatic carbocycles. The van der Waals surface area contributed by atoms with Gasteiger partial charge in [0, 0.05) is 5.56 Å². The lowest BCUT2D eigenvalue weighted by Gasteiger charge is -2.17. The summed E-state index contributed by atoms with van der Waals surface area (Å²) in [5.74, 6) is -0.332. The number of hydrogen-bond acceptors (Lipinski definition) is 5. The SMILES string of the molecule is COC(=O)c1ccc2c(c1)C1OC2c2cc(-c3cccc4ocnc34)ccc21. The van der Waals surface area contributed by atoms with Crippen LogP contribution >= 0.6 is 0 Å². The molecule has 2 aliphatic rings. The molecule has 0 N–H and O–H groups in total. The van der Waals surface area contributed by atoms with E-state index in [0.29, 0.717) is 5.56 Å². The van der Waals surface area contributed by atoms with E-state index in [1.165, 1.54) is 19.1 Å². The lowest BCUT2D eigenvalue weighted by molar-refractivity contribution is 0.0600. The molecule has 28 heavy (non-hydrogen) atoms. The van der Waals surface area contributed by atoms with Crippen molar-refractivity contribution >= 4 is 17.1 Å². The maximum Gasteiger partial charge on any atom is 0.337 e. The number of methoxy groups -OCH3 is 1. The van der Waals surface area contributed by atoms with E-state index in [9.17, 15) is 4.79 Å². The van der Waals surface area contributed by atoms with E-state index in [2.05, 4.69) is 29.2 Å². The van der Waals surface area contributed by atoms with Gasteiger partial charge in [-0.1, -0.05) is 30.3 Å². The molecule has 2 unspecified atom stereocenters. The van der Waals surface area contributed by atoms with Crippen LogP contribution in [0.4, 0.5) is 0 Å². The zero-order chi connectivity index (χ0) is 18.8. The van der Waals surface area contributed by atoms with Crippen LogP contribution in [0.1, 0.15) is 44.8 Å². The van der Waals surface area contributed by atoms with Gasteiger partial charge in [0.05, 0.1) is 12.7 Å². The molecule has 3 heterocycles. The number of oxazole rings is 1. The second-order valence-corrected chi connectivity index (χ2v) is 7.08. The number of esters is 1. The first-order valence-corrected chi connectivity index (χ1v) is 9.08. The number of carbonyl (C=O) groups is 1. The number of fused-ring (bicyclic) bond motifs is 9. The molecule has 2 aliphatic heterocycles. The fourth-order valence-electron chi connectivity index (χ4n) is 4.38. The molecule has 0 radical (unpaired) electrons. The fraction of sp³-hybridized carbons (Fsp3) is 0.130. The summed E-state index contributed by atoms with van der Waals surface area (Å²) in [6, 6.07) is 18.0. The van der Waals surface area contributed by atoms with Gasteiger partial charge in [-0.25, -0.2) is 9.78 Å². The molecule has 136 valence electrons. The lowest BCUT2D eigenvalue weighted by atomic mass is 9.84. The zero-order valence-corrected chi connectivity index (χ0v) is 15.0. The highest BCUT2D eigenvalue weighted by atomic mass is 16.5. The Morgan fingerprint density at radius 2 is 1.75 bits per heavy atom. The summed E-state index contributed by atoms with van der Waals surface area (Å²) < 4.78 is 16.5. The van der Waals surface area contributed by atoms with Gasteiger partial charge in [-0.15, -0.1) is 0 Å². The van der Waals surface area contributed by atoms with Crippen LogP contribution in [0.2, 0.25) is 0 Å². The van der Waals surface area contributed by atoms with Crippen LogP contribution < -0.4 is 0 Å². The average molecular weight is 369 g/mol. The van der Waals surface area contributed by atoms with Crippen molar-refractivity contribution in [3.63, 3.8) is 0 Å². The van der Waals surface area contributed by atoms with E-state index in [-0.39, 0.29) is 18.2 Å².